The molecule has 0 spiro atoms. The minimum absolute atomic E-state index is 0.131. The molecule has 194 valence electrons. The molecule has 12 heteroatoms. The first-order valence-electron chi connectivity index (χ1n) is 11.3. The number of amides is 4. The maximum absolute atomic E-state index is 12.6. The highest BCUT2D eigenvalue weighted by Gasteiger charge is 2.33. The van der Waals surface area contributed by atoms with E-state index < -0.39 is 54.5 Å². The topological polar surface area (TPSA) is 149 Å². The minimum Gasteiger partial charge on any atom is -0.370 e. The van der Waals surface area contributed by atoms with Crippen molar-refractivity contribution in [3.63, 3.8) is 0 Å². The molecule has 1 saturated heterocycles. The van der Waals surface area contributed by atoms with Crippen molar-refractivity contribution in [2.45, 2.75) is 91.0 Å². The second-order valence-corrected chi connectivity index (χ2v) is 8.91. The molecule has 4 amide bonds. The van der Waals surface area contributed by atoms with Gasteiger partial charge in [-0.1, -0.05) is 20.3 Å². The third-order valence-corrected chi connectivity index (χ3v) is 4.38. The van der Waals surface area contributed by atoms with Gasteiger partial charge in [0.05, 0.1) is 24.3 Å². The summed E-state index contributed by atoms with van der Waals surface area (Å²) < 4.78 is 30.8. The van der Waals surface area contributed by atoms with Crippen LogP contribution in [0.25, 0.3) is 0 Å². The number of rotatable bonds is 10. The van der Waals surface area contributed by atoms with Crippen molar-refractivity contribution in [3.8, 4) is 6.07 Å². The molecule has 0 aliphatic carbocycles. The number of hydrogen-bond acceptors (Lipinski definition) is 6. The normalized spacial score (nSPS) is 17.9. The zero-order valence-corrected chi connectivity index (χ0v) is 20.7. The quantitative estimate of drug-likeness (QED) is 0.360. The lowest BCUT2D eigenvalue weighted by Crippen LogP contribution is -2.56. The van der Waals surface area contributed by atoms with E-state index in [4.69, 9.17) is 4.74 Å². The van der Waals surface area contributed by atoms with E-state index in [2.05, 4.69) is 29.8 Å². The Bertz CT molecular complexity index is 736. The molecule has 0 radical (unpaired) electrons. The highest BCUT2D eigenvalue weighted by molar-refractivity contribution is 5.91. The Morgan fingerprint density at radius 2 is 1.79 bits per heavy atom. The fraction of sp³-hybridized carbons (Fsp3) is 0.773. The zero-order valence-electron chi connectivity index (χ0n) is 20.7. The highest BCUT2D eigenvalue weighted by Crippen LogP contribution is 2.16. The van der Waals surface area contributed by atoms with Gasteiger partial charge in [-0.25, -0.2) is 0 Å². The van der Waals surface area contributed by atoms with E-state index in [1.54, 1.807) is 20.8 Å². The van der Waals surface area contributed by atoms with Crippen molar-refractivity contribution in [3.05, 3.63) is 0 Å². The predicted octanol–water partition coefficient (Wildman–Crippen LogP) is 1.01. The van der Waals surface area contributed by atoms with Gasteiger partial charge in [0.15, 0.2) is 0 Å². The van der Waals surface area contributed by atoms with Gasteiger partial charge < -0.3 is 26.0 Å². The van der Waals surface area contributed by atoms with Gasteiger partial charge in [-0.3, -0.25) is 19.2 Å². The number of hydrogen-bond donors (Lipinski definition) is 4. The van der Waals surface area contributed by atoms with Crippen LogP contribution in [-0.4, -0.2) is 66.9 Å². The summed E-state index contributed by atoms with van der Waals surface area (Å²) in [5.41, 5.74) is -0.725. The summed E-state index contributed by atoms with van der Waals surface area (Å²) in [7, 11) is 0. The highest BCUT2D eigenvalue weighted by atomic mass is 19.3. The predicted molar refractivity (Wildman–Crippen MR) is 120 cm³/mol. The summed E-state index contributed by atoms with van der Waals surface area (Å²) in [6, 6.07) is -0.516. The average Bonchev–Trinajstić information content (AvgIpc) is 3.12. The van der Waals surface area contributed by atoms with Crippen molar-refractivity contribution in [2.75, 3.05) is 13.1 Å². The average molecular weight is 490 g/mol. The number of nitrogens with zero attached hydrogens (tertiary/aromatic N) is 1. The lowest BCUT2D eigenvalue weighted by atomic mass is 9.99. The molecule has 0 aromatic heterocycles. The van der Waals surface area contributed by atoms with Crippen LogP contribution in [0, 0.1) is 17.2 Å². The second kappa shape index (κ2) is 15.2. The van der Waals surface area contributed by atoms with Crippen LogP contribution in [0.2, 0.25) is 0 Å². The molecule has 1 heterocycles. The van der Waals surface area contributed by atoms with Crippen LogP contribution in [-0.2, 0) is 23.9 Å². The first kappa shape index (κ1) is 31.2. The van der Waals surface area contributed by atoms with Gasteiger partial charge >= 0.3 is 6.43 Å². The van der Waals surface area contributed by atoms with Crippen LogP contribution in [0.15, 0.2) is 0 Å². The molecule has 0 saturated carbocycles. The zero-order chi connectivity index (χ0) is 26.5. The Hall–Kier alpha value is -2.81. The van der Waals surface area contributed by atoms with Gasteiger partial charge in [-0.2, -0.15) is 14.0 Å². The van der Waals surface area contributed by atoms with Gasteiger partial charge in [-0.05, 0) is 40.5 Å². The van der Waals surface area contributed by atoms with E-state index in [1.165, 1.54) is 13.3 Å². The summed E-state index contributed by atoms with van der Waals surface area (Å²) >= 11 is 0. The number of alkyl halides is 2. The van der Waals surface area contributed by atoms with Gasteiger partial charge in [0.2, 0.25) is 17.7 Å². The van der Waals surface area contributed by atoms with Crippen LogP contribution < -0.4 is 21.3 Å². The molecule has 4 unspecified atom stereocenters. The van der Waals surface area contributed by atoms with E-state index >= 15 is 0 Å². The van der Waals surface area contributed by atoms with Crippen molar-refractivity contribution in [2.24, 2.45) is 5.92 Å². The molecule has 10 nitrogen and oxygen atoms in total. The Balaban J connectivity index is 0.00000343. The number of carbonyl (C=O) groups is 4. The summed E-state index contributed by atoms with van der Waals surface area (Å²) in [5, 5.41) is 18.4. The van der Waals surface area contributed by atoms with Crippen molar-refractivity contribution >= 4 is 23.6 Å². The Labute approximate surface area is 199 Å². The second-order valence-electron chi connectivity index (χ2n) is 8.91. The number of nitriles is 1. The molecule has 0 bridgehead atoms. The van der Waals surface area contributed by atoms with Gasteiger partial charge in [-0.15, -0.1) is 0 Å². The number of nitrogens with one attached hydrogen (secondary N) is 4. The SMILES string of the molecule is CC(OC(C)(C)C)C(NC(=O)C(F)F)C(=O)NCC(=O)NC(C#N)CC1CCNC1=O.CCC. The van der Waals surface area contributed by atoms with Gasteiger partial charge in [0.25, 0.3) is 5.91 Å². The summed E-state index contributed by atoms with van der Waals surface area (Å²) in [6.07, 6.45) is -2.37. The number of ether oxygens (including phenoxy) is 1. The lowest BCUT2D eigenvalue weighted by molar-refractivity contribution is -0.142. The fourth-order valence-corrected chi connectivity index (χ4v) is 3.06. The monoisotopic (exact) mass is 489 g/mol. The minimum atomic E-state index is -3.33. The van der Waals surface area contributed by atoms with E-state index in [1.807, 2.05) is 11.4 Å². The molecule has 1 aliphatic heterocycles. The van der Waals surface area contributed by atoms with Crippen molar-refractivity contribution in [1.82, 2.24) is 21.3 Å². The summed E-state index contributed by atoms with van der Waals surface area (Å²) in [4.78, 5) is 47.6. The van der Waals surface area contributed by atoms with Crippen LogP contribution in [0.1, 0.15) is 60.8 Å². The summed E-state index contributed by atoms with van der Waals surface area (Å²) in [5.74, 6) is -3.82. The Morgan fingerprint density at radius 1 is 1.21 bits per heavy atom. The molecule has 1 aliphatic rings. The first-order chi connectivity index (χ1) is 15.7. The van der Waals surface area contributed by atoms with Crippen LogP contribution in [0.3, 0.4) is 0 Å². The Morgan fingerprint density at radius 3 is 2.24 bits per heavy atom. The van der Waals surface area contributed by atoms with Crippen LogP contribution in [0.5, 0.6) is 0 Å². The Kier molecular flexibility index (Phi) is 13.9. The molecule has 0 aromatic rings. The van der Waals surface area contributed by atoms with E-state index in [9.17, 15) is 33.2 Å². The molecule has 1 rings (SSSR count). The van der Waals surface area contributed by atoms with E-state index in [-0.39, 0.29) is 18.2 Å². The van der Waals surface area contributed by atoms with Gasteiger partial charge in [0.1, 0.15) is 12.1 Å². The molecule has 4 atom stereocenters. The van der Waals surface area contributed by atoms with Crippen LogP contribution in [0.4, 0.5) is 8.78 Å². The smallest absolute Gasteiger partial charge is 0.315 e. The first-order valence-corrected chi connectivity index (χ1v) is 11.3. The third kappa shape index (κ3) is 12.4. The molecule has 4 N–H and O–H groups in total. The molecule has 1 fully saturated rings. The number of carbonyl (C=O) groups excluding carboxylic acids is 4. The van der Waals surface area contributed by atoms with Crippen LogP contribution >= 0.6 is 0 Å². The van der Waals surface area contributed by atoms with Crippen molar-refractivity contribution < 1.29 is 32.7 Å². The van der Waals surface area contributed by atoms with Crippen molar-refractivity contribution in [1.29, 1.82) is 5.26 Å². The molecular formula is C22H37F2N5O5. The fourth-order valence-electron chi connectivity index (χ4n) is 3.06. The lowest BCUT2D eigenvalue weighted by Gasteiger charge is -2.30. The third-order valence-electron chi connectivity index (χ3n) is 4.38. The maximum Gasteiger partial charge on any atom is 0.315 e. The molecular weight excluding hydrogens is 452 g/mol. The van der Waals surface area contributed by atoms with Gasteiger partial charge in [0, 0.05) is 12.5 Å². The van der Waals surface area contributed by atoms with E-state index in [0.717, 1.165) is 0 Å². The summed E-state index contributed by atoms with van der Waals surface area (Å²) in [6.45, 7) is 10.7. The van der Waals surface area contributed by atoms with E-state index in [0.29, 0.717) is 13.0 Å². The largest absolute Gasteiger partial charge is 0.370 e. The standard InChI is InChI=1S/C19H29F2N5O5.C3H8/c1-10(31-19(2,3)4)14(26-18(30)15(20)21)17(29)24-9-13(27)25-12(8-22)7-11-5-6-23-16(11)28;1-3-2/h10-12,14-15H,5-7,9H2,1-4H3,(H,23,28)(H,24,29)(H,25,27)(H,26,30);3H2,1-2H3. The molecule has 0 aromatic carbocycles. The number of halogens is 2. The molecule has 34 heavy (non-hydrogen) atoms. The maximum atomic E-state index is 12.6.